The summed E-state index contributed by atoms with van der Waals surface area (Å²) < 4.78 is 10.8. The lowest BCUT2D eigenvalue weighted by Crippen LogP contribution is -2.28. The molecular weight excluding hydrogens is 341 g/mol. The molecule has 3 N–H and O–H groups in total. The van der Waals surface area contributed by atoms with Gasteiger partial charge in [0.05, 0.1) is 11.6 Å². The highest BCUT2D eigenvalue weighted by Gasteiger charge is 2.19. The van der Waals surface area contributed by atoms with Crippen molar-refractivity contribution in [1.82, 2.24) is 10.2 Å². The van der Waals surface area contributed by atoms with Crippen LogP contribution in [-0.4, -0.2) is 22.8 Å². The third-order valence-electron chi connectivity index (χ3n) is 3.98. The Morgan fingerprint density at radius 2 is 2.09 bits per heavy atom. The van der Waals surface area contributed by atoms with E-state index < -0.39 is 5.76 Å². The molecule has 0 unspecified atom stereocenters. The highest BCUT2D eigenvalue weighted by atomic mass is 35.5. The molecule has 3 rings (SSSR count). The first-order valence-electron chi connectivity index (χ1n) is 7.35. The molecule has 126 valence electrons. The minimum absolute atomic E-state index is 0. The van der Waals surface area contributed by atoms with E-state index >= 15 is 0 Å². The van der Waals surface area contributed by atoms with Crippen LogP contribution in [0.5, 0.6) is 5.75 Å². The zero-order chi connectivity index (χ0) is 15.5. The van der Waals surface area contributed by atoms with E-state index in [1.807, 2.05) is 0 Å². The number of benzene rings is 1. The molecule has 0 radical (unpaired) electrons. The molecule has 6 nitrogen and oxygen atoms in total. The maximum atomic E-state index is 11.0. The van der Waals surface area contributed by atoms with Crippen molar-refractivity contribution < 1.29 is 9.15 Å². The summed E-state index contributed by atoms with van der Waals surface area (Å²) in [4.78, 5) is 11.0. The quantitative estimate of drug-likeness (QED) is 0.874. The van der Waals surface area contributed by atoms with Crippen LogP contribution < -0.4 is 16.2 Å². The first-order valence-corrected chi connectivity index (χ1v) is 7.73. The molecule has 0 aliphatic heterocycles. The third-order valence-corrected chi connectivity index (χ3v) is 4.29. The minimum Gasteiger partial charge on any atom is -0.492 e. The first-order chi connectivity index (χ1) is 10.6. The van der Waals surface area contributed by atoms with E-state index in [-0.39, 0.29) is 18.3 Å². The van der Waals surface area contributed by atoms with Crippen LogP contribution in [0, 0.1) is 5.92 Å². The molecule has 0 bridgehead atoms. The molecule has 1 saturated carbocycles. The predicted octanol–water partition coefficient (Wildman–Crippen LogP) is 3.00. The van der Waals surface area contributed by atoms with Crippen LogP contribution >= 0.6 is 24.0 Å². The number of hydrogen-bond acceptors (Lipinski definition) is 5. The molecule has 1 heterocycles. The molecule has 8 heteroatoms. The number of ether oxygens (including phenoxy) is 1. The third kappa shape index (κ3) is 4.50. The molecule has 1 aliphatic rings. The Morgan fingerprint density at radius 1 is 1.35 bits per heavy atom. The molecule has 23 heavy (non-hydrogen) atoms. The molecule has 1 aromatic carbocycles. The van der Waals surface area contributed by atoms with Gasteiger partial charge in [-0.15, -0.1) is 17.5 Å². The molecule has 0 atom stereocenters. The Balaban J connectivity index is 0.00000192. The van der Waals surface area contributed by atoms with Gasteiger partial charge in [-0.3, -0.25) is 0 Å². The van der Waals surface area contributed by atoms with Gasteiger partial charge in [-0.25, -0.2) is 9.89 Å². The lowest BCUT2D eigenvalue weighted by Gasteiger charge is -2.26. The Morgan fingerprint density at radius 3 is 2.74 bits per heavy atom. The summed E-state index contributed by atoms with van der Waals surface area (Å²) >= 11 is 6.16. The molecule has 0 amide bonds. The van der Waals surface area contributed by atoms with E-state index in [9.17, 15) is 4.79 Å². The van der Waals surface area contributed by atoms with Crippen molar-refractivity contribution >= 4 is 24.0 Å². The average molecular weight is 360 g/mol. The maximum Gasteiger partial charge on any atom is 0.434 e. The topological polar surface area (TPSA) is 94.1 Å². The highest BCUT2D eigenvalue weighted by Crippen LogP contribution is 2.31. The molecule has 1 aliphatic carbocycles. The smallest absolute Gasteiger partial charge is 0.434 e. The number of halogens is 2. The van der Waals surface area contributed by atoms with Crippen molar-refractivity contribution in [1.29, 1.82) is 0 Å². The zero-order valence-electron chi connectivity index (χ0n) is 12.5. The van der Waals surface area contributed by atoms with Gasteiger partial charge in [-0.05, 0) is 49.8 Å². The summed E-state index contributed by atoms with van der Waals surface area (Å²) in [7, 11) is 0. The number of rotatable bonds is 4. The van der Waals surface area contributed by atoms with Crippen LogP contribution in [0.4, 0.5) is 0 Å². The van der Waals surface area contributed by atoms with Gasteiger partial charge < -0.3 is 14.9 Å². The van der Waals surface area contributed by atoms with E-state index in [1.54, 1.807) is 18.2 Å². The number of nitrogens with one attached hydrogen (secondary N) is 1. The number of nitrogens with two attached hydrogens (primary N) is 1. The van der Waals surface area contributed by atoms with Gasteiger partial charge in [-0.2, -0.15) is 0 Å². The van der Waals surface area contributed by atoms with E-state index in [0.717, 1.165) is 25.7 Å². The van der Waals surface area contributed by atoms with Crippen LogP contribution in [0.15, 0.2) is 27.4 Å². The second kappa shape index (κ2) is 7.86. The summed E-state index contributed by atoms with van der Waals surface area (Å²) in [6, 6.07) is 5.49. The fourth-order valence-electron chi connectivity index (χ4n) is 2.66. The molecule has 1 aromatic heterocycles. The molecule has 2 aromatic rings. The van der Waals surface area contributed by atoms with Gasteiger partial charge in [-0.1, -0.05) is 11.6 Å². The Labute approximate surface area is 144 Å². The summed E-state index contributed by atoms with van der Waals surface area (Å²) in [6.07, 6.45) is 4.24. The molecule has 0 spiro atoms. The lowest BCUT2D eigenvalue weighted by molar-refractivity contribution is 0.200. The van der Waals surface area contributed by atoms with Gasteiger partial charge in [0, 0.05) is 11.6 Å². The summed E-state index contributed by atoms with van der Waals surface area (Å²) in [5, 5.41) is 6.55. The van der Waals surface area contributed by atoms with E-state index in [1.165, 1.54) is 0 Å². The van der Waals surface area contributed by atoms with Gasteiger partial charge in [0.1, 0.15) is 5.75 Å². The summed E-state index contributed by atoms with van der Waals surface area (Å²) in [5.41, 5.74) is 6.55. The monoisotopic (exact) mass is 359 g/mol. The van der Waals surface area contributed by atoms with Crippen molar-refractivity contribution in [3.8, 4) is 17.2 Å². The maximum absolute atomic E-state index is 11.0. The number of H-pyrrole nitrogens is 1. The van der Waals surface area contributed by atoms with Gasteiger partial charge in [0.25, 0.3) is 0 Å². The minimum atomic E-state index is -0.592. The van der Waals surface area contributed by atoms with Crippen LogP contribution in [-0.2, 0) is 0 Å². The first kappa shape index (κ1) is 17.8. The van der Waals surface area contributed by atoms with Crippen molar-refractivity contribution in [3.05, 3.63) is 33.8 Å². The Kier molecular flexibility index (Phi) is 6.10. The summed E-state index contributed by atoms with van der Waals surface area (Å²) in [6.45, 7) is 0.612. The highest BCUT2D eigenvalue weighted by molar-refractivity contribution is 6.32. The largest absolute Gasteiger partial charge is 0.492 e. The number of nitrogens with zero attached hydrogens (tertiary/aromatic N) is 1. The van der Waals surface area contributed by atoms with Crippen molar-refractivity contribution in [3.63, 3.8) is 0 Å². The van der Waals surface area contributed by atoms with Gasteiger partial charge in [0.15, 0.2) is 0 Å². The van der Waals surface area contributed by atoms with Crippen molar-refractivity contribution in [2.45, 2.75) is 31.7 Å². The lowest BCUT2D eigenvalue weighted by atomic mass is 9.87. The normalized spacial score (nSPS) is 20.8. The second-order valence-corrected chi connectivity index (χ2v) is 6.06. The zero-order valence-corrected chi connectivity index (χ0v) is 14.0. The fraction of sp³-hybridized carbons (Fsp3) is 0.467. The van der Waals surface area contributed by atoms with Crippen LogP contribution in [0.1, 0.15) is 25.7 Å². The average Bonchev–Trinajstić information content (AvgIpc) is 2.95. The van der Waals surface area contributed by atoms with Crippen molar-refractivity contribution in [2.24, 2.45) is 11.7 Å². The van der Waals surface area contributed by atoms with Gasteiger partial charge in [0.2, 0.25) is 5.89 Å². The van der Waals surface area contributed by atoms with Crippen LogP contribution in [0.3, 0.4) is 0 Å². The molecule has 1 fully saturated rings. The summed E-state index contributed by atoms with van der Waals surface area (Å²) in [5.74, 6) is 0.698. The van der Waals surface area contributed by atoms with Crippen molar-refractivity contribution in [2.75, 3.05) is 6.61 Å². The SMILES string of the molecule is Cl.NC1CCC(COc2cc(-c3n[nH]c(=O)o3)ccc2Cl)CC1. The fourth-order valence-corrected chi connectivity index (χ4v) is 2.83. The van der Waals surface area contributed by atoms with E-state index in [0.29, 0.717) is 34.9 Å². The van der Waals surface area contributed by atoms with E-state index in [2.05, 4.69) is 10.2 Å². The second-order valence-electron chi connectivity index (χ2n) is 5.66. The Hall–Kier alpha value is -1.50. The Bertz CT molecular complexity index is 693. The number of aromatic nitrogens is 2. The van der Waals surface area contributed by atoms with Crippen LogP contribution in [0.25, 0.3) is 11.5 Å². The number of hydrogen-bond donors (Lipinski definition) is 2. The predicted molar refractivity (Wildman–Crippen MR) is 90.2 cm³/mol. The van der Waals surface area contributed by atoms with Gasteiger partial charge >= 0.3 is 5.76 Å². The van der Waals surface area contributed by atoms with E-state index in [4.69, 9.17) is 26.5 Å². The standard InChI is InChI=1S/C15H18ClN3O3.ClH/c16-12-6-3-10(14-18-19-15(20)22-14)7-13(12)21-8-9-1-4-11(17)5-2-9;/h3,6-7,9,11H,1-2,4-5,8,17H2,(H,19,20);1H. The van der Waals surface area contributed by atoms with Crippen LogP contribution in [0.2, 0.25) is 5.02 Å². The molecular formula is C15H19Cl2N3O3. The molecule has 0 saturated heterocycles. The number of aromatic amines is 1.